The Balaban J connectivity index is 1.76. The van der Waals surface area contributed by atoms with Gasteiger partial charge in [-0.1, -0.05) is 35.7 Å². The second kappa shape index (κ2) is 5.84. The molecule has 3 rings (SSSR count). The van der Waals surface area contributed by atoms with Crippen LogP contribution in [0.1, 0.15) is 37.8 Å². The fourth-order valence-corrected chi connectivity index (χ4v) is 4.47. The molecular weight excluding hydrogens is 291 g/mol. The maximum Gasteiger partial charge on any atom is 0.0468 e. The maximum atomic E-state index is 6.35. The van der Waals surface area contributed by atoms with Gasteiger partial charge in [0.1, 0.15) is 0 Å². The van der Waals surface area contributed by atoms with Crippen molar-refractivity contribution < 1.29 is 0 Å². The molecule has 4 heteroatoms. The third-order valence-electron chi connectivity index (χ3n) is 5.14. The molecule has 0 amide bonds. The SMILES string of the molecule is CC(c1ccc(Cl)cc1Cl)N1CC2CCCC(N)C2C1. The van der Waals surface area contributed by atoms with Crippen molar-refractivity contribution in [2.75, 3.05) is 13.1 Å². The fraction of sp³-hybridized carbons (Fsp3) is 0.625. The molecular formula is C16H22Cl2N2. The Hall–Kier alpha value is -0.280. The van der Waals surface area contributed by atoms with Crippen molar-refractivity contribution in [3.05, 3.63) is 33.8 Å². The van der Waals surface area contributed by atoms with Crippen molar-refractivity contribution in [1.82, 2.24) is 4.90 Å². The van der Waals surface area contributed by atoms with E-state index < -0.39 is 0 Å². The van der Waals surface area contributed by atoms with Gasteiger partial charge in [0.05, 0.1) is 0 Å². The van der Waals surface area contributed by atoms with Crippen molar-refractivity contribution in [2.45, 2.75) is 38.3 Å². The van der Waals surface area contributed by atoms with Crippen LogP contribution in [-0.4, -0.2) is 24.0 Å². The van der Waals surface area contributed by atoms with Crippen molar-refractivity contribution in [1.29, 1.82) is 0 Å². The Morgan fingerprint density at radius 2 is 2.05 bits per heavy atom. The van der Waals surface area contributed by atoms with Crippen LogP contribution in [-0.2, 0) is 0 Å². The van der Waals surface area contributed by atoms with Crippen LogP contribution >= 0.6 is 23.2 Å². The summed E-state index contributed by atoms with van der Waals surface area (Å²) in [4.78, 5) is 2.54. The van der Waals surface area contributed by atoms with Gasteiger partial charge in [-0.05, 0) is 49.3 Å². The molecule has 2 fully saturated rings. The van der Waals surface area contributed by atoms with Crippen LogP contribution in [0.4, 0.5) is 0 Å². The second-order valence-electron chi connectivity index (χ2n) is 6.31. The summed E-state index contributed by atoms with van der Waals surface area (Å²) in [6, 6.07) is 6.53. The molecule has 4 unspecified atom stereocenters. The van der Waals surface area contributed by atoms with Crippen molar-refractivity contribution in [2.24, 2.45) is 17.6 Å². The first-order valence-corrected chi connectivity index (χ1v) is 8.26. The summed E-state index contributed by atoms with van der Waals surface area (Å²) in [5, 5.41) is 1.47. The van der Waals surface area contributed by atoms with Gasteiger partial charge in [-0.15, -0.1) is 0 Å². The molecule has 0 radical (unpaired) electrons. The van der Waals surface area contributed by atoms with E-state index in [0.717, 1.165) is 24.0 Å². The van der Waals surface area contributed by atoms with E-state index in [-0.39, 0.29) is 0 Å². The predicted octanol–water partition coefficient (Wildman–Crippen LogP) is 4.11. The van der Waals surface area contributed by atoms with Crippen LogP contribution in [0.15, 0.2) is 18.2 Å². The summed E-state index contributed by atoms with van der Waals surface area (Å²) in [6.07, 6.45) is 3.80. The maximum absolute atomic E-state index is 6.35. The van der Waals surface area contributed by atoms with E-state index in [4.69, 9.17) is 28.9 Å². The third-order valence-corrected chi connectivity index (χ3v) is 5.70. The predicted molar refractivity (Wildman–Crippen MR) is 85.3 cm³/mol. The Morgan fingerprint density at radius 3 is 2.75 bits per heavy atom. The lowest BCUT2D eigenvalue weighted by molar-refractivity contribution is 0.245. The van der Waals surface area contributed by atoms with E-state index in [9.17, 15) is 0 Å². The first-order chi connectivity index (χ1) is 9.56. The molecule has 1 aliphatic carbocycles. The lowest BCUT2D eigenvalue weighted by atomic mass is 9.78. The van der Waals surface area contributed by atoms with Crippen LogP contribution in [0.3, 0.4) is 0 Å². The summed E-state index contributed by atoms with van der Waals surface area (Å²) in [5.74, 6) is 1.43. The summed E-state index contributed by atoms with van der Waals surface area (Å²) in [6.45, 7) is 4.49. The Morgan fingerprint density at radius 1 is 1.25 bits per heavy atom. The normalized spacial score (nSPS) is 32.1. The van der Waals surface area contributed by atoms with Crippen molar-refractivity contribution in [3.63, 3.8) is 0 Å². The average molecular weight is 313 g/mol. The fourth-order valence-electron chi connectivity index (χ4n) is 3.90. The number of benzene rings is 1. The van der Waals surface area contributed by atoms with Gasteiger partial charge in [-0.2, -0.15) is 0 Å². The first kappa shape index (κ1) is 14.6. The molecule has 2 aliphatic rings. The van der Waals surface area contributed by atoms with Gasteiger partial charge in [0, 0.05) is 35.2 Å². The molecule has 0 aromatic heterocycles. The molecule has 1 aromatic carbocycles. The van der Waals surface area contributed by atoms with Crippen LogP contribution < -0.4 is 5.73 Å². The minimum absolute atomic E-state index is 0.331. The lowest BCUT2D eigenvalue weighted by Crippen LogP contribution is -2.38. The number of fused-ring (bicyclic) bond motifs is 1. The van der Waals surface area contributed by atoms with Crippen molar-refractivity contribution in [3.8, 4) is 0 Å². The molecule has 1 saturated carbocycles. The Kier molecular flexibility index (Phi) is 4.28. The highest BCUT2D eigenvalue weighted by Crippen LogP contribution is 2.40. The van der Waals surface area contributed by atoms with E-state index >= 15 is 0 Å². The minimum Gasteiger partial charge on any atom is -0.327 e. The highest BCUT2D eigenvalue weighted by Gasteiger charge is 2.40. The minimum atomic E-state index is 0.331. The van der Waals surface area contributed by atoms with Crippen LogP contribution in [0.25, 0.3) is 0 Å². The topological polar surface area (TPSA) is 29.3 Å². The van der Waals surface area contributed by atoms with Crippen molar-refractivity contribution >= 4 is 23.2 Å². The van der Waals surface area contributed by atoms with E-state index in [1.54, 1.807) is 0 Å². The monoisotopic (exact) mass is 312 g/mol. The number of halogens is 2. The second-order valence-corrected chi connectivity index (χ2v) is 7.16. The summed E-state index contributed by atoms with van der Waals surface area (Å²) in [7, 11) is 0. The van der Waals surface area contributed by atoms with Gasteiger partial charge in [0.2, 0.25) is 0 Å². The Labute approximate surface area is 131 Å². The number of rotatable bonds is 2. The zero-order valence-corrected chi connectivity index (χ0v) is 13.4. The molecule has 1 aromatic rings. The molecule has 1 saturated heterocycles. The number of nitrogens with two attached hydrogens (primary N) is 1. The molecule has 110 valence electrons. The number of hydrogen-bond donors (Lipinski definition) is 1. The molecule has 1 aliphatic heterocycles. The summed E-state index contributed by atoms with van der Waals surface area (Å²) >= 11 is 12.3. The lowest BCUT2D eigenvalue weighted by Gasteiger charge is -2.30. The molecule has 20 heavy (non-hydrogen) atoms. The number of nitrogens with zero attached hydrogens (tertiary/aromatic N) is 1. The standard InChI is InChI=1S/C16H22Cl2N2/c1-10(13-6-5-12(17)7-15(13)18)20-8-11-3-2-4-16(19)14(11)9-20/h5-7,10-11,14,16H,2-4,8-9,19H2,1H3. The molecule has 2 nitrogen and oxygen atoms in total. The number of hydrogen-bond acceptors (Lipinski definition) is 2. The highest BCUT2D eigenvalue weighted by molar-refractivity contribution is 6.35. The molecule has 0 bridgehead atoms. The van der Waals surface area contributed by atoms with Crippen LogP contribution in [0, 0.1) is 11.8 Å². The van der Waals surface area contributed by atoms with E-state index in [1.165, 1.54) is 24.8 Å². The smallest absolute Gasteiger partial charge is 0.0468 e. The van der Waals surface area contributed by atoms with Gasteiger partial charge in [-0.25, -0.2) is 0 Å². The van der Waals surface area contributed by atoms with Gasteiger partial charge < -0.3 is 5.73 Å². The van der Waals surface area contributed by atoms with E-state index in [0.29, 0.717) is 23.0 Å². The van der Waals surface area contributed by atoms with E-state index in [1.807, 2.05) is 12.1 Å². The van der Waals surface area contributed by atoms with Crippen LogP contribution in [0.2, 0.25) is 10.0 Å². The average Bonchev–Trinajstić information content (AvgIpc) is 2.83. The highest BCUT2D eigenvalue weighted by atomic mass is 35.5. The van der Waals surface area contributed by atoms with Crippen LogP contribution in [0.5, 0.6) is 0 Å². The zero-order valence-electron chi connectivity index (χ0n) is 11.9. The molecule has 1 heterocycles. The third kappa shape index (κ3) is 2.71. The number of likely N-dealkylation sites (tertiary alicyclic amines) is 1. The first-order valence-electron chi connectivity index (χ1n) is 7.51. The Bertz CT molecular complexity index is 491. The van der Waals surface area contributed by atoms with Gasteiger partial charge in [0.15, 0.2) is 0 Å². The quantitative estimate of drug-likeness (QED) is 0.890. The molecule has 0 spiro atoms. The molecule has 4 atom stereocenters. The van der Waals surface area contributed by atoms with E-state index in [2.05, 4.69) is 17.9 Å². The summed E-state index contributed by atoms with van der Waals surface area (Å²) in [5.41, 5.74) is 7.47. The largest absolute Gasteiger partial charge is 0.327 e. The summed E-state index contributed by atoms with van der Waals surface area (Å²) < 4.78 is 0. The molecule has 2 N–H and O–H groups in total. The van der Waals surface area contributed by atoms with Gasteiger partial charge in [-0.3, -0.25) is 4.90 Å². The van der Waals surface area contributed by atoms with Gasteiger partial charge in [0.25, 0.3) is 0 Å². The zero-order chi connectivity index (χ0) is 14.3. The van der Waals surface area contributed by atoms with Gasteiger partial charge >= 0.3 is 0 Å².